The van der Waals surface area contributed by atoms with Crippen LogP contribution in [-0.4, -0.2) is 25.6 Å². The van der Waals surface area contributed by atoms with Gasteiger partial charge in [0, 0.05) is 18.3 Å². The number of aromatic nitrogens is 1. The number of halogens is 1. The SMILES string of the molecule is CC1(C)c2cc(F)ccc2C(=O)N1c1cncc(CNS(C)(=O)=O)c1. The van der Waals surface area contributed by atoms with Crippen LogP contribution in [0.5, 0.6) is 0 Å². The van der Waals surface area contributed by atoms with Crippen molar-refractivity contribution in [3.05, 3.63) is 59.2 Å². The zero-order chi connectivity index (χ0) is 18.4. The van der Waals surface area contributed by atoms with E-state index in [1.807, 2.05) is 13.8 Å². The number of anilines is 1. The molecule has 0 radical (unpaired) electrons. The predicted octanol–water partition coefficient (Wildman–Crippen LogP) is 2.17. The van der Waals surface area contributed by atoms with E-state index in [1.54, 1.807) is 11.0 Å². The zero-order valence-electron chi connectivity index (χ0n) is 14.1. The first-order valence-electron chi connectivity index (χ1n) is 7.63. The lowest BCUT2D eigenvalue weighted by molar-refractivity contribution is 0.0982. The van der Waals surface area contributed by atoms with Crippen molar-refractivity contribution >= 4 is 21.6 Å². The average molecular weight is 363 g/mol. The average Bonchev–Trinajstić information content (AvgIpc) is 2.71. The maximum absolute atomic E-state index is 13.6. The van der Waals surface area contributed by atoms with Gasteiger partial charge in [0.1, 0.15) is 5.82 Å². The molecule has 1 N–H and O–H groups in total. The number of nitrogens with zero attached hydrogens (tertiary/aromatic N) is 2. The molecule has 3 rings (SSSR count). The highest BCUT2D eigenvalue weighted by Crippen LogP contribution is 2.41. The molecular weight excluding hydrogens is 345 g/mol. The van der Waals surface area contributed by atoms with Crippen molar-refractivity contribution in [2.24, 2.45) is 0 Å². The van der Waals surface area contributed by atoms with Gasteiger partial charge in [-0.3, -0.25) is 14.7 Å². The van der Waals surface area contributed by atoms with Crippen LogP contribution in [-0.2, 0) is 22.1 Å². The lowest BCUT2D eigenvalue weighted by Gasteiger charge is -2.32. The molecule has 0 saturated carbocycles. The Morgan fingerprint density at radius 3 is 2.64 bits per heavy atom. The fourth-order valence-electron chi connectivity index (χ4n) is 3.05. The molecule has 0 fully saturated rings. The van der Waals surface area contributed by atoms with Crippen molar-refractivity contribution in [2.45, 2.75) is 25.9 Å². The minimum Gasteiger partial charge on any atom is -0.297 e. The maximum atomic E-state index is 13.6. The number of fused-ring (bicyclic) bond motifs is 1. The number of amides is 1. The Balaban J connectivity index is 1.99. The Hall–Kier alpha value is -2.32. The topological polar surface area (TPSA) is 79.4 Å². The zero-order valence-corrected chi connectivity index (χ0v) is 14.9. The second kappa shape index (κ2) is 5.89. The molecule has 1 aromatic carbocycles. The van der Waals surface area contributed by atoms with Crippen LogP contribution in [0, 0.1) is 5.82 Å². The number of nitrogens with one attached hydrogen (secondary N) is 1. The van der Waals surface area contributed by atoms with Gasteiger partial charge in [0.25, 0.3) is 5.91 Å². The molecule has 6 nitrogen and oxygen atoms in total. The molecule has 0 atom stereocenters. The summed E-state index contributed by atoms with van der Waals surface area (Å²) in [7, 11) is -3.34. The highest BCUT2D eigenvalue weighted by atomic mass is 32.2. The fraction of sp³-hybridized carbons (Fsp3) is 0.294. The molecule has 0 aliphatic carbocycles. The third-order valence-electron chi connectivity index (χ3n) is 4.21. The number of carbonyl (C=O) groups excluding carboxylic acids is 1. The highest BCUT2D eigenvalue weighted by Gasteiger charge is 2.44. The Kier molecular flexibility index (Phi) is 4.12. The number of sulfonamides is 1. The normalized spacial score (nSPS) is 16.2. The Labute approximate surface area is 145 Å². The lowest BCUT2D eigenvalue weighted by atomic mass is 9.93. The van der Waals surface area contributed by atoms with Gasteiger partial charge >= 0.3 is 0 Å². The van der Waals surface area contributed by atoms with Gasteiger partial charge in [-0.25, -0.2) is 17.5 Å². The monoisotopic (exact) mass is 363 g/mol. The Morgan fingerprint density at radius 2 is 1.96 bits per heavy atom. The molecule has 0 bridgehead atoms. The summed E-state index contributed by atoms with van der Waals surface area (Å²) in [6.07, 6.45) is 4.14. The number of hydrogen-bond donors (Lipinski definition) is 1. The molecule has 25 heavy (non-hydrogen) atoms. The second-order valence-electron chi connectivity index (χ2n) is 6.53. The van der Waals surface area contributed by atoms with Crippen LogP contribution < -0.4 is 9.62 Å². The standard InChI is InChI=1S/C17H18FN3O3S/c1-17(2)15-7-12(18)4-5-14(15)16(22)21(17)13-6-11(8-19-10-13)9-20-25(3,23)24/h4-8,10,20H,9H2,1-3H3. The molecule has 0 unspecified atom stereocenters. The van der Waals surface area contributed by atoms with Crippen LogP contribution >= 0.6 is 0 Å². The minimum atomic E-state index is -3.34. The number of carbonyl (C=O) groups is 1. The first-order valence-corrected chi connectivity index (χ1v) is 9.52. The number of benzene rings is 1. The van der Waals surface area contributed by atoms with E-state index < -0.39 is 21.4 Å². The molecule has 1 amide bonds. The van der Waals surface area contributed by atoms with Crippen molar-refractivity contribution in [3.8, 4) is 0 Å². The molecular formula is C17H18FN3O3S. The van der Waals surface area contributed by atoms with Crippen LogP contribution in [0.2, 0.25) is 0 Å². The maximum Gasteiger partial charge on any atom is 0.259 e. The van der Waals surface area contributed by atoms with E-state index in [-0.39, 0.29) is 12.5 Å². The van der Waals surface area contributed by atoms with Crippen LogP contribution in [0.25, 0.3) is 0 Å². The number of pyridine rings is 1. The molecule has 1 aromatic heterocycles. The highest BCUT2D eigenvalue weighted by molar-refractivity contribution is 7.88. The van der Waals surface area contributed by atoms with Crippen molar-refractivity contribution in [2.75, 3.05) is 11.2 Å². The third kappa shape index (κ3) is 3.27. The van der Waals surface area contributed by atoms with Crippen molar-refractivity contribution < 1.29 is 17.6 Å². The molecule has 0 saturated heterocycles. The Bertz CT molecular complexity index is 957. The van der Waals surface area contributed by atoms with Gasteiger partial charge in [-0.2, -0.15) is 0 Å². The molecule has 2 aromatic rings. The summed E-state index contributed by atoms with van der Waals surface area (Å²) in [5.41, 5.74) is 1.45. The van der Waals surface area contributed by atoms with E-state index in [2.05, 4.69) is 9.71 Å². The van der Waals surface area contributed by atoms with Gasteiger partial charge in [0.15, 0.2) is 0 Å². The van der Waals surface area contributed by atoms with Gasteiger partial charge in [-0.1, -0.05) is 0 Å². The van der Waals surface area contributed by atoms with Crippen molar-refractivity contribution in [3.63, 3.8) is 0 Å². The largest absolute Gasteiger partial charge is 0.297 e. The summed E-state index contributed by atoms with van der Waals surface area (Å²) < 4.78 is 38.5. The lowest BCUT2D eigenvalue weighted by Crippen LogP contribution is -2.39. The van der Waals surface area contributed by atoms with Gasteiger partial charge < -0.3 is 0 Å². The van der Waals surface area contributed by atoms with Crippen LogP contribution in [0.4, 0.5) is 10.1 Å². The summed E-state index contributed by atoms with van der Waals surface area (Å²) in [5, 5.41) is 0. The second-order valence-corrected chi connectivity index (χ2v) is 8.37. The first-order chi connectivity index (χ1) is 11.6. The summed E-state index contributed by atoms with van der Waals surface area (Å²) in [6, 6.07) is 5.82. The van der Waals surface area contributed by atoms with Gasteiger partial charge in [-0.05, 0) is 49.2 Å². The third-order valence-corrected chi connectivity index (χ3v) is 4.88. The van der Waals surface area contributed by atoms with E-state index in [0.29, 0.717) is 22.4 Å². The summed E-state index contributed by atoms with van der Waals surface area (Å²) in [4.78, 5) is 18.5. The minimum absolute atomic E-state index is 0.0731. The smallest absolute Gasteiger partial charge is 0.259 e. The summed E-state index contributed by atoms with van der Waals surface area (Å²) in [5.74, 6) is -0.638. The van der Waals surface area contributed by atoms with Crippen LogP contribution in [0.3, 0.4) is 0 Å². The summed E-state index contributed by atoms with van der Waals surface area (Å²) >= 11 is 0. The van der Waals surface area contributed by atoms with E-state index in [1.165, 1.54) is 30.6 Å². The molecule has 1 aliphatic heterocycles. The van der Waals surface area contributed by atoms with Crippen LogP contribution in [0.15, 0.2) is 36.7 Å². The van der Waals surface area contributed by atoms with E-state index >= 15 is 0 Å². The van der Waals surface area contributed by atoms with Crippen molar-refractivity contribution in [1.29, 1.82) is 0 Å². The quantitative estimate of drug-likeness (QED) is 0.903. The Morgan fingerprint density at radius 1 is 1.24 bits per heavy atom. The predicted molar refractivity (Wildman–Crippen MR) is 92.2 cm³/mol. The van der Waals surface area contributed by atoms with Gasteiger partial charge in [-0.15, -0.1) is 0 Å². The molecule has 0 spiro atoms. The number of rotatable bonds is 4. The molecule has 1 aliphatic rings. The van der Waals surface area contributed by atoms with E-state index in [0.717, 1.165) is 6.26 Å². The molecule has 2 heterocycles. The van der Waals surface area contributed by atoms with E-state index in [4.69, 9.17) is 0 Å². The fourth-order valence-corrected chi connectivity index (χ4v) is 3.48. The summed E-state index contributed by atoms with van der Waals surface area (Å²) in [6.45, 7) is 3.74. The van der Waals surface area contributed by atoms with Crippen molar-refractivity contribution in [1.82, 2.24) is 9.71 Å². The molecule has 132 valence electrons. The number of hydrogen-bond acceptors (Lipinski definition) is 4. The van der Waals surface area contributed by atoms with Gasteiger partial charge in [0.05, 0.1) is 23.7 Å². The first kappa shape index (κ1) is 17.5. The van der Waals surface area contributed by atoms with E-state index in [9.17, 15) is 17.6 Å². The van der Waals surface area contributed by atoms with Gasteiger partial charge in [0.2, 0.25) is 10.0 Å². The molecule has 8 heteroatoms. The van der Waals surface area contributed by atoms with Crippen LogP contribution in [0.1, 0.15) is 35.3 Å².